The maximum Gasteiger partial charge on any atom is 0.240 e. The molecule has 1 unspecified atom stereocenters. The van der Waals surface area contributed by atoms with Crippen LogP contribution in [0.1, 0.15) is 10.9 Å². The van der Waals surface area contributed by atoms with Crippen molar-refractivity contribution in [3.63, 3.8) is 0 Å². The zero-order valence-corrected chi connectivity index (χ0v) is 15.4. The van der Waals surface area contributed by atoms with Gasteiger partial charge in [0.1, 0.15) is 13.2 Å². The zero-order chi connectivity index (χ0) is 18.0. The number of hydrogen-bond acceptors (Lipinski definition) is 6. The fourth-order valence-corrected chi connectivity index (χ4v) is 4.61. The van der Waals surface area contributed by atoms with Gasteiger partial charge in [-0.05, 0) is 29.6 Å². The molecule has 0 saturated carbocycles. The van der Waals surface area contributed by atoms with E-state index in [1.807, 2.05) is 29.8 Å². The summed E-state index contributed by atoms with van der Waals surface area (Å²) in [4.78, 5) is 1.17. The van der Waals surface area contributed by atoms with Crippen LogP contribution in [0.3, 0.4) is 0 Å². The average Bonchev–Trinajstić information content (AvgIpc) is 3.36. The van der Waals surface area contributed by atoms with E-state index in [9.17, 15) is 8.42 Å². The zero-order valence-electron chi connectivity index (χ0n) is 13.7. The van der Waals surface area contributed by atoms with Crippen LogP contribution in [0.15, 0.2) is 59.1 Å². The van der Waals surface area contributed by atoms with E-state index in [1.165, 1.54) is 12.1 Å². The summed E-state index contributed by atoms with van der Waals surface area (Å²) in [5, 5.41) is 6.22. The standard InChI is InChI=1S/C17H17N3O4S2/c21-26(22,13-4-5-15-16(11-13)24-9-8-23-15)19-12-14(17-3-1-10-25-17)20-7-2-6-18-20/h1-7,10-11,14,19H,8-9,12H2. The third-order valence-electron chi connectivity index (χ3n) is 4.01. The van der Waals surface area contributed by atoms with E-state index in [0.717, 1.165) is 4.88 Å². The van der Waals surface area contributed by atoms with Gasteiger partial charge in [0, 0.05) is 29.9 Å². The van der Waals surface area contributed by atoms with E-state index >= 15 is 0 Å². The Bertz CT molecular complexity index is 935. The average molecular weight is 391 g/mol. The molecule has 0 spiro atoms. The van der Waals surface area contributed by atoms with Gasteiger partial charge in [-0.25, -0.2) is 13.1 Å². The summed E-state index contributed by atoms with van der Waals surface area (Å²) in [6, 6.07) is 10.1. The Balaban J connectivity index is 1.55. The highest BCUT2D eigenvalue weighted by Gasteiger charge is 2.22. The summed E-state index contributed by atoms with van der Waals surface area (Å²) in [6.07, 6.45) is 3.50. The van der Waals surface area contributed by atoms with Crippen molar-refractivity contribution in [1.29, 1.82) is 0 Å². The van der Waals surface area contributed by atoms with E-state index in [2.05, 4.69) is 9.82 Å². The van der Waals surface area contributed by atoms with Crippen molar-refractivity contribution in [1.82, 2.24) is 14.5 Å². The number of thiophene rings is 1. The van der Waals surface area contributed by atoms with Crippen LogP contribution in [0, 0.1) is 0 Å². The van der Waals surface area contributed by atoms with Gasteiger partial charge >= 0.3 is 0 Å². The molecule has 2 aromatic heterocycles. The van der Waals surface area contributed by atoms with Crippen LogP contribution in [-0.2, 0) is 10.0 Å². The van der Waals surface area contributed by atoms with Gasteiger partial charge in [-0.3, -0.25) is 4.68 Å². The van der Waals surface area contributed by atoms with Gasteiger partial charge in [0.05, 0.1) is 10.9 Å². The molecule has 3 aromatic rings. The molecule has 0 fully saturated rings. The third kappa shape index (κ3) is 3.46. The molecule has 9 heteroatoms. The highest BCUT2D eigenvalue weighted by atomic mass is 32.2. The van der Waals surface area contributed by atoms with Crippen molar-refractivity contribution in [2.75, 3.05) is 19.8 Å². The first-order chi connectivity index (χ1) is 12.6. The summed E-state index contributed by atoms with van der Waals surface area (Å²) in [5.74, 6) is 1.00. The Morgan fingerprint density at radius 2 is 2.04 bits per heavy atom. The minimum Gasteiger partial charge on any atom is -0.486 e. The highest BCUT2D eigenvalue weighted by molar-refractivity contribution is 7.89. The Kier molecular flexibility index (Phi) is 4.66. The van der Waals surface area contributed by atoms with E-state index < -0.39 is 10.0 Å². The van der Waals surface area contributed by atoms with Gasteiger partial charge < -0.3 is 9.47 Å². The number of nitrogens with one attached hydrogen (secondary N) is 1. The molecule has 26 heavy (non-hydrogen) atoms. The van der Waals surface area contributed by atoms with Crippen molar-refractivity contribution in [3.8, 4) is 11.5 Å². The van der Waals surface area contributed by atoms with Crippen molar-refractivity contribution in [3.05, 3.63) is 59.0 Å². The quantitative estimate of drug-likeness (QED) is 0.697. The smallest absolute Gasteiger partial charge is 0.240 e. The minimum atomic E-state index is -3.69. The molecule has 4 rings (SSSR count). The molecule has 1 atom stereocenters. The number of nitrogens with zero attached hydrogens (tertiary/aromatic N) is 2. The summed E-state index contributed by atoms with van der Waals surface area (Å²) in [5.41, 5.74) is 0. The first kappa shape index (κ1) is 17.1. The number of hydrogen-bond donors (Lipinski definition) is 1. The predicted octanol–water partition coefficient (Wildman–Crippen LogP) is 2.28. The van der Waals surface area contributed by atoms with Crippen LogP contribution in [-0.4, -0.2) is 38.0 Å². The van der Waals surface area contributed by atoms with Crippen LogP contribution >= 0.6 is 11.3 Å². The van der Waals surface area contributed by atoms with Crippen molar-refractivity contribution < 1.29 is 17.9 Å². The lowest BCUT2D eigenvalue weighted by molar-refractivity contribution is 0.171. The SMILES string of the molecule is O=S(=O)(NCC(c1cccs1)n1cccn1)c1ccc2c(c1)OCCO2. The second-order valence-corrected chi connectivity index (χ2v) is 8.42. The van der Waals surface area contributed by atoms with Crippen molar-refractivity contribution >= 4 is 21.4 Å². The molecule has 1 N–H and O–H groups in total. The van der Waals surface area contributed by atoms with Crippen LogP contribution in [0.2, 0.25) is 0 Å². The summed E-state index contributed by atoms with van der Waals surface area (Å²) < 4.78 is 40.8. The van der Waals surface area contributed by atoms with Gasteiger partial charge in [-0.15, -0.1) is 11.3 Å². The second kappa shape index (κ2) is 7.10. The van der Waals surface area contributed by atoms with Crippen LogP contribution in [0.4, 0.5) is 0 Å². The molecular weight excluding hydrogens is 374 g/mol. The fraction of sp³-hybridized carbons (Fsp3) is 0.235. The number of benzene rings is 1. The maximum atomic E-state index is 12.7. The Morgan fingerprint density at radius 1 is 1.19 bits per heavy atom. The van der Waals surface area contributed by atoms with Crippen LogP contribution in [0.25, 0.3) is 0 Å². The van der Waals surface area contributed by atoms with Gasteiger partial charge in [-0.1, -0.05) is 6.07 Å². The normalized spacial score (nSPS) is 14.9. The lowest BCUT2D eigenvalue weighted by Gasteiger charge is -2.20. The molecule has 3 heterocycles. The lowest BCUT2D eigenvalue weighted by Crippen LogP contribution is -2.31. The predicted molar refractivity (Wildman–Crippen MR) is 97.3 cm³/mol. The maximum absolute atomic E-state index is 12.7. The highest BCUT2D eigenvalue weighted by Crippen LogP contribution is 2.32. The molecule has 0 bridgehead atoms. The van der Waals surface area contributed by atoms with Crippen molar-refractivity contribution in [2.24, 2.45) is 0 Å². The fourth-order valence-electron chi connectivity index (χ4n) is 2.73. The van der Waals surface area contributed by atoms with E-state index in [1.54, 1.807) is 28.3 Å². The molecule has 0 aliphatic carbocycles. The van der Waals surface area contributed by atoms with Gasteiger partial charge in [0.25, 0.3) is 0 Å². The van der Waals surface area contributed by atoms with E-state index in [-0.39, 0.29) is 17.5 Å². The topological polar surface area (TPSA) is 82.5 Å². The summed E-state index contributed by atoms with van der Waals surface area (Å²) >= 11 is 1.56. The summed E-state index contributed by atoms with van der Waals surface area (Å²) in [7, 11) is -3.69. The van der Waals surface area contributed by atoms with Gasteiger partial charge in [0.15, 0.2) is 11.5 Å². The molecule has 1 aliphatic heterocycles. The number of fused-ring (bicyclic) bond motifs is 1. The third-order valence-corrected chi connectivity index (χ3v) is 6.40. The van der Waals surface area contributed by atoms with Gasteiger partial charge in [-0.2, -0.15) is 5.10 Å². The van der Waals surface area contributed by atoms with Crippen LogP contribution in [0.5, 0.6) is 11.5 Å². The van der Waals surface area contributed by atoms with E-state index in [0.29, 0.717) is 24.7 Å². The molecule has 7 nitrogen and oxygen atoms in total. The number of rotatable bonds is 6. The largest absolute Gasteiger partial charge is 0.486 e. The molecule has 1 aromatic carbocycles. The molecule has 0 amide bonds. The molecule has 136 valence electrons. The van der Waals surface area contributed by atoms with Crippen LogP contribution < -0.4 is 14.2 Å². The summed E-state index contributed by atoms with van der Waals surface area (Å²) in [6.45, 7) is 1.06. The molecular formula is C17H17N3O4S2. The molecule has 0 saturated heterocycles. The number of sulfonamides is 1. The minimum absolute atomic E-state index is 0.146. The Hall–Kier alpha value is -2.36. The monoisotopic (exact) mass is 391 g/mol. The molecule has 1 aliphatic rings. The van der Waals surface area contributed by atoms with Crippen molar-refractivity contribution in [2.45, 2.75) is 10.9 Å². The number of ether oxygens (including phenoxy) is 2. The number of aromatic nitrogens is 2. The Morgan fingerprint density at radius 3 is 2.77 bits per heavy atom. The second-order valence-electron chi connectivity index (χ2n) is 5.67. The Labute approximate surface area is 155 Å². The van der Waals surface area contributed by atoms with E-state index in [4.69, 9.17) is 9.47 Å². The first-order valence-electron chi connectivity index (χ1n) is 8.05. The molecule has 0 radical (unpaired) electrons. The van der Waals surface area contributed by atoms with Gasteiger partial charge in [0.2, 0.25) is 10.0 Å². The first-order valence-corrected chi connectivity index (χ1v) is 10.4. The lowest BCUT2D eigenvalue weighted by atomic mass is 10.2.